The van der Waals surface area contributed by atoms with Gasteiger partial charge in [-0.2, -0.15) is 0 Å². The van der Waals surface area contributed by atoms with E-state index in [0.717, 1.165) is 12.0 Å². The Labute approximate surface area is 118 Å². The maximum absolute atomic E-state index is 11.0. The van der Waals surface area contributed by atoms with Crippen molar-refractivity contribution in [1.82, 2.24) is 0 Å². The lowest BCUT2D eigenvalue weighted by Crippen LogP contribution is -1.97. The monoisotopic (exact) mass is 262 g/mol. The molecule has 0 unspecified atom stereocenters. The summed E-state index contributed by atoms with van der Waals surface area (Å²) in [6.45, 7) is 0. The molecule has 0 atom stereocenters. The van der Waals surface area contributed by atoms with Crippen LogP contribution in [0.3, 0.4) is 0 Å². The normalized spacial score (nSPS) is 11.1. The first-order chi connectivity index (χ1) is 9.78. The Hall–Kier alpha value is -2.53. The van der Waals surface area contributed by atoms with Crippen LogP contribution in [-0.4, -0.2) is 13.1 Å². The van der Waals surface area contributed by atoms with Crippen molar-refractivity contribution in [2.24, 2.45) is 0 Å². The van der Waals surface area contributed by atoms with Gasteiger partial charge in [0.25, 0.3) is 0 Å². The van der Waals surface area contributed by atoms with Crippen molar-refractivity contribution in [1.29, 1.82) is 0 Å². The molecule has 2 aromatic rings. The molecule has 1 aliphatic rings. The van der Waals surface area contributed by atoms with E-state index in [2.05, 4.69) is 53.0 Å². The van der Waals surface area contributed by atoms with E-state index in [9.17, 15) is 4.79 Å². The molecule has 0 saturated carbocycles. The Morgan fingerprint density at radius 1 is 1.15 bits per heavy atom. The fourth-order valence-electron chi connectivity index (χ4n) is 2.51. The average Bonchev–Trinajstić information content (AvgIpc) is 2.84. The number of carbonyl (C=O) groups excluding carboxylic acids is 1. The van der Waals surface area contributed by atoms with Crippen molar-refractivity contribution in [3.05, 3.63) is 59.2 Å². The van der Waals surface area contributed by atoms with Gasteiger partial charge in [-0.05, 0) is 40.8 Å². The molecule has 2 heteroatoms. The average molecular weight is 262 g/mol. The van der Waals surface area contributed by atoms with Crippen LogP contribution in [0.5, 0.6) is 0 Å². The largest absolute Gasteiger partial charge is 0.468 e. The molecule has 0 aliphatic heterocycles. The molecule has 0 amide bonds. The van der Waals surface area contributed by atoms with Crippen molar-refractivity contribution >= 4 is 5.97 Å². The van der Waals surface area contributed by atoms with Crippen molar-refractivity contribution in [2.75, 3.05) is 7.11 Å². The van der Waals surface area contributed by atoms with Gasteiger partial charge in [-0.1, -0.05) is 42.2 Å². The van der Waals surface area contributed by atoms with Gasteiger partial charge < -0.3 is 4.74 Å². The molecule has 0 saturated heterocycles. The molecule has 0 fully saturated rings. The van der Waals surface area contributed by atoms with Crippen LogP contribution in [0.15, 0.2) is 42.5 Å². The Kier molecular flexibility index (Phi) is 3.26. The van der Waals surface area contributed by atoms with Crippen LogP contribution in [0.1, 0.15) is 23.1 Å². The molecule has 2 nitrogen and oxygen atoms in total. The molecule has 0 N–H and O–H groups in total. The van der Waals surface area contributed by atoms with Crippen LogP contribution in [0, 0.1) is 11.8 Å². The van der Waals surface area contributed by atoms with E-state index in [1.165, 1.54) is 29.4 Å². The number of ether oxygens (including phenoxy) is 1. The fourth-order valence-corrected chi connectivity index (χ4v) is 2.51. The molecular weight excluding hydrogens is 248 g/mol. The Bertz CT molecular complexity index is 733. The molecule has 0 heterocycles. The molecule has 0 radical (unpaired) electrons. The Morgan fingerprint density at radius 2 is 1.95 bits per heavy atom. The van der Waals surface area contributed by atoms with Crippen LogP contribution in [0.2, 0.25) is 0 Å². The van der Waals surface area contributed by atoms with E-state index in [-0.39, 0.29) is 12.4 Å². The number of fused-ring (bicyclic) bond motifs is 3. The number of hydrogen-bond donors (Lipinski definition) is 0. The minimum atomic E-state index is -0.300. The van der Waals surface area contributed by atoms with Gasteiger partial charge in [0, 0.05) is 5.56 Å². The zero-order valence-electron chi connectivity index (χ0n) is 11.3. The summed E-state index contributed by atoms with van der Waals surface area (Å²) in [5.41, 5.74) is 6.22. The SMILES string of the molecule is COC(=O)CC#Cc1ccc2c(c1)Cc1ccccc1-2. The number of methoxy groups -OCH3 is 1. The van der Waals surface area contributed by atoms with Crippen molar-refractivity contribution in [3.8, 4) is 23.0 Å². The van der Waals surface area contributed by atoms with Gasteiger partial charge in [0.15, 0.2) is 0 Å². The van der Waals surface area contributed by atoms with Crippen LogP contribution in [0.4, 0.5) is 0 Å². The minimum Gasteiger partial charge on any atom is -0.468 e. The second-order valence-electron chi connectivity index (χ2n) is 4.76. The lowest BCUT2D eigenvalue weighted by Gasteiger charge is -2.00. The Morgan fingerprint density at radius 3 is 2.80 bits per heavy atom. The van der Waals surface area contributed by atoms with Crippen LogP contribution in [-0.2, 0) is 16.0 Å². The number of hydrogen-bond acceptors (Lipinski definition) is 2. The van der Waals surface area contributed by atoms with Crippen molar-refractivity contribution < 1.29 is 9.53 Å². The summed E-state index contributed by atoms with van der Waals surface area (Å²) in [4.78, 5) is 11.0. The van der Waals surface area contributed by atoms with Gasteiger partial charge in [0.05, 0.1) is 7.11 Å². The fraction of sp³-hybridized carbons (Fsp3) is 0.167. The van der Waals surface area contributed by atoms with E-state index in [0.29, 0.717) is 0 Å². The standard InChI is InChI=1S/C18H14O2/c1-20-18(19)8-4-5-13-9-10-17-15(11-13)12-14-6-2-3-7-16(14)17/h2-3,6-7,9-11H,8,12H2,1H3. The third kappa shape index (κ3) is 2.31. The highest BCUT2D eigenvalue weighted by Crippen LogP contribution is 2.36. The molecular formula is C18H14O2. The molecule has 20 heavy (non-hydrogen) atoms. The van der Waals surface area contributed by atoms with E-state index in [4.69, 9.17) is 0 Å². The predicted octanol–water partition coefficient (Wildman–Crippen LogP) is 3.17. The predicted molar refractivity (Wildman–Crippen MR) is 78.2 cm³/mol. The van der Waals surface area contributed by atoms with E-state index in [1.54, 1.807) is 0 Å². The van der Waals surface area contributed by atoms with Gasteiger partial charge in [0.2, 0.25) is 0 Å². The Balaban J connectivity index is 1.86. The van der Waals surface area contributed by atoms with E-state index < -0.39 is 0 Å². The molecule has 98 valence electrons. The summed E-state index contributed by atoms with van der Waals surface area (Å²) >= 11 is 0. The van der Waals surface area contributed by atoms with Gasteiger partial charge in [-0.15, -0.1) is 0 Å². The zero-order valence-corrected chi connectivity index (χ0v) is 11.3. The van der Waals surface area contributed by atoms with Gasteiger partial charge >= 0.3 is 5.97 Å². The van der Waals surface area contributed by atoms with Crippen LogP contribution in [0.25, 0.3) is 11.1 Å². The first-order valence-electron chi connectivity index (χ1n) is 6.55. The maximum atomic E-state index is 11.0. The smallest absolute Gasteiger partial charge is 0.317 e. The highest BCUT2D eigenvalue weighted by Gasteiger charge is 2.17. The summed E-state index contributed by atoms with van der Waals surface area (Å²) in [6, 6.07) is 14.7. The third-order valence-electron chi connectivity index (χ3n) is 3.49. The van der Waals surface area contributed by atoms with E-state index >= 15 is 0 Å². The number of esters is 1. The van der Waals surface area contributed by atoms with Gasteiger partial charge in [0.1, 0.15) is 6.42 Å². The van der Waals surface area contributed by atoms with Crippen molar-refractivity contribution in [3.63, 3.8) is 0 Å². The molecule has 0 aromatic heterocycles. The summed E-state index contributed by atoms with van der Waals surface area (Å²) in [5, 5.41) is 0. The number of rotatable bonds is 1. The summed E-state index contributed by atoms with van der Waals surface area (Å²) in [6.07, 6.45) is 1.09. The number of benzene rings is 2. The first-order valence-corrected chi connectivity index (χ1v) is 6.55. The summed E-state index contributed by atoms with van der Waals surface area (Å²) < 4.78 is 4.56. The lowest BCUT2D eigenvalue weighted by molar-refractivity contribution is -0.139. The highest BCUT2D eigenvalue weighted by molar-refractivity contribution is 5.77. The molecule has 0 spiro atoms. The topological polar surface area (TPSA) is 26.3 Å². The second kappa shape index (κ2) is 5.22. The third-order valence-corrected chi connectivity index (χ3v) is 3.49. The van der Waals surface area contributed by atoms with Gasteiger partial charge in [-0.25, -0.2) is 0 Å². The van der Waals surface area contributed by atoms with Crippen molar-refractivity contribution in [2.45, 2.75) is 12.8 Å². The maximum Gasteiger partial charge on any atom is 0.317 e. The highest BCUT2D eigenvalue weighted by atomic mass is 16.5. The van der Waals surface area contributed by atoms with Crippen LogP contribution < -0.4 is 0 Å². The second-order valence-corrected chi connectivity index (χ2v) is 4.76. The number of carbonyl (C=O) groups is 1. The molecule has 1 aliphatic carbocycles. The quantitative estimate of drug-likeness (QED) is 0.497. The molecule has 3 rings (SSSR count). The van der Waals surface area contributed by atoms with Gasteiger partial charge in [-0.3, -0.25) is 4.79 Å². The summed E-state index contributed by atoms with van der Waals surface area (Å²) in [5.74, 6) is 5.56. The molecule has 0 bridgehead atoms. The molecule has 2 aromatic carbocycles. The minimum absolute atomic E-state index is 0.133. The van der Waals surface area contributed by atoms with E-state index in [1.807, 2.05) is 6.07 Å². The van der Waals surface area contributed by atoms with Crippen LogP contribution >= 0.6 is 0 Å². The lowest BCUT2D eigenvalue weighted by atomic mass is 10.0. The zero-order chi connectivity index (χ0) is 13.9. The first kappa shape index (κ1) is 12.5. The summed E-state index contributed by atoms with van der Waals surface area (Å²) in [7, 11) is 1.37.